The lowest BCUT2D eigenvalue weighted by molar-refractivity contribution is -0.137. The molecule has 2 aromatic carbocycles. The highest BCUT2D eigenvalue weighted by Crippen LogP contribution is 2.38. The number of rotatable bonds is 5. The summed E-state index contributed by atoms with van der Waals surface area (Å²) in [4.78, 5) is 13.2. The lowest BCUT2D eigenvalue weighted by Gasteiger charge is -2.33. The van der Waals surface area contributed by atoms with Crippen molar-refractivity contribution in [2.75, 3.05) is 17.9 Å². The van der Waals surface area contributed by atoms with Crippen LogP contribution in [-0.2, 0) is 17.4 Å². The smallest absolute Gasteiger partial charge is 0.416 e. The Morgan fingerprint density at radius 3 is 2.62 bits per heavy atom. The van der Waals surface area contributed by atoms with Crippen LogP contribution < -0.4 is 15.5 Å². The van der Waals surface area contributed by atoms with E-state index in [1.807, 2.05) is 19.1 Å². The van der Waals surface area contributed by atoms with Crippen molar-refractivity contribution in [2.24, 2.45) is 0 Å². The standard InChI is InChI=1S/C21H20F3N5O2S/c1-3-16-26-27-20-29(16)28-17(12-7-9-15(31-2)10-8-12)18(32-20)19(30)25-14-6-4-5-13(11-14)21(22,23)24/h4-11,17-18,28H,3H2,1-2H3,(H,25,30). The number of halogens is 3. The molecule has 1 aliphatic rings. The Morgan fingerprint density at radius 2 is 1.97 bits per heavy atom. The lowest BCUT2D eigenvalue weighted by Crippen LogP contribution is -2.41. The van der Waals surface area contributed by atoms with Crippen LogP contribution in [0.25, 0.3) is 0 Å². The largest absolute Gasteiger partial charge is 0.497 e. The monoisotopic (exact) mass is 463 g/mol. The average Bonchev–Trinajstić information content (AvgIpc) is 3.20. The number of ether oxygens (including phenoxy) is 1. The highest BCUT2D eigenvalue weighted by Gasteiger charge is 2.38. The normalized spacial score (nSPS) is 17.9. The number of carbonyl (C=O) groups excluding carboxylic acids is 1. The Bertz CT molecular complexity index is 1120. The second-order valence-electron chi connectivity index (χ2n) is 7.07. The summed E-state index contributed by atoms with van der Waals surface area (Å²) in [7, 11) is 1.56. The number of methoxy groups -OCH3 is 1. The van der Waals surface area contributed by atoms with Crippen LogP contribution in [0.1, 0.15) is 29.9 Å². The van der Waals surface area contributed by atoms with Crippen LogP contribution in [0.2, 0.25) is 0 Å². The molecule has 0 bridgehead atoms. The number of carbonyl (C=O) groups is 1. The number of amides is 1. The molecule has 2 unspecified atom stereocenters. The lowest BCUT2D eigenvalue weighted by atomic mass is 10.0. The molecular weight excluding hydrogens is 443 g/mol. The van der Waals surface area contributed by atoms with E-state index in [9.17, 15) is 18.0 Å². The van der Waals surface area contributed by atoms with Crippen molar-refractivity contribution in [1.29, 1.82) is 0 Å². The number of benzene rings is 2. The Hall–Kier alpha value is -3.21. The zero-order valence-corrected chi connectivity index (χ0v) is 18.0. The molecule has 1 amide bonds. The number of nitrogens with one attached hydrogen (secondary N) is 2. The molecule has 0 saturated heterocycles. The number of fused-ring (bicyclic) bond motifs is 1. The van der Waals surface area contributed by atoms with Gasteiger partial charge in [-0.1, -0.05) is 36.9 Å². The van der Waals surface area contributed by atoms with Crippen LogP contribution in [0.15, 0.2) is 53.7 Å². The SMILES string of the molecule is CCc1nnc2n1NC(c1ccc(OC)cc1)C(C(=O)Nc1cccc(C(F)(F)F)c1)S2. The summed E-state index contributed by atoms with van der Waals surface area (Å²) in [6.45, 7) is 1.94. The summed E-state index contributed by atoms with van der Waals surface area (Å²) in [6.07, 6.45) is -3.86. The number of aromatic nitrogens is 3. The number of alkyl halides is 3. The molecule has 2 heterocycles. The van der Waals surface area contributed by atoms with E-state index >= 15 is 0 Å². The third kappa shape index (κ3) is 4.38. The van der Waals surface area contributed by atoms with Gasteiger partial charge in [0.15, 0.2) is 5.82 Å². The first kappa shape index (κ1) is 22.0. The van der Waals surface area contributed by atoms with Crippen molar-refractivity contribution in [3.8, 4) is 5.75 Å². The van der Waals surface area contributed by atoms with Crippen molar-refractivity contribution < 1.29 is 22.7 Å². The fourth-order valence-corrected chi connectivity index (χ4v) is 4.47. The summed E-state index contributed by atoms with van der Waals surface area (Å²) < 4.78 is 46.1. The molecule has 168 valence electrons. The van der Waals surface area contributed by atoms with E-state index in [2.05, 4.69) is 20.9 Å². The molecule has 0 radical (unpaired) electrons. The number of aryl methyl sites for hydroxylation is 1. The molecule has 0 aliphatic carbocycles. The summed E-state index contributed by atoms with van der Waals surface area (Å²) >= 11 is 1.20. The van der Waals surface area contributed by atoms with Crippen LogP contribution >= 0.6 is 11.8 Å². The Balaban J connectivity index is 1.65. The fourth-order valence-electron chi connectivity index (χ4n) is 3.38. The fraction of sp³-hybridized carbons (Fsp3) is 0.286. The third-order valence-corrected chi connectivity index (χ3v) is 6.23. The molecule has 32 heavy (non-hydrogen) atoms. The van der Waals surface area contributed by atoms with Gasteiger partial charge in [-0.2, -0.15) is 13.2 Å². The van der Waals surface area contributed by atoms with Gasteiger partial charge in [-0.15, -0.1) is 10.2 Å². The van der Waals surface area contributed by atoms with Gasteiger partial charge in [0.1, 0.15) is 11.0 Å². The van der Waals surface area contributed by atoms with Gasteiger partial charge in [0.2, 0.25) is 11.1 Å². The molecule has 2 N–H and O–H groups in total. The van der Waals surface area contributed by atoms with Gasteiger partial charge in [-0.05, 0) is 35.9 Å². The number of thioether (sulfide) groups is 1. The van der Waals surface area contributed by atoms with Gasteiger partial charge in [0, 0.05) is 12.1 Å². The molecule has 0 fully saturated rings. The Morgan fingerprint density at radius 1 is 1.22 bits per heavy atom. The van der Waals surface area contributed by atoms with Crippen LogP contribution in [0, 0.1) is 0 Å². The minimum absolute atomic E-state index is 0.0696. The van der Waals surface area contributed by atoms with Crippen molar-refractivity contribution in [1.82, 2.24) is 14.9 Å². The predicted molar refractivity (Wildman–Crippen MR) is 114 cm³/mol. The summed E-state index contributed by atoms with van der Waals surface area (Å²) in [6, 6.07) is 11.3. The maximum atomic E-state index is 13.2. The van der Waals surface area contributed by atoms with Crippen molar-refractivity contribution >= 4 is 23.4 Å². The van der Waals surface area contributed by atoms with Gasteiger partial charge < -0.3 is 15.5 Å². The second kappa shape index (κ2) is 8.73. The quantitative estimate of drug-likeness (QED) is 0.588. The van der Waals surface area contributed by atoms with Crippen LogP contribution in [0.5, 0.6) is 5.75 Å². The molecule has 4 rings (SSSR count). The molecule has 3 aromatic rings. The van der Waals surface area contributed by atoms with E-state index in [0.717, 1.165) is 17.7 Å². The molecule has 7 nitrogen and oxygen atoms in total. The number of hydrogen-bond donors (Lipinski definition) is 2. The zero-order valence-electron chi connectivity index (χ0n) is 17.2. The predicted octanol–water partition coefficient (Wildman–Crippen LogP) is 4.27. The number of nitrogens with zero attached hydrogens (tertiary/aromatic N) is 3. The molecule has 1 aliphatic heterocycles. The van der Waals surface area contributed by atoms with E-state index < -0.39 is 28.9 Å². The zero-order chi connectivity index (χ0) is 22.9. The first-order valence-corrected chi connectivity index (χ1v) is 10.7. The van der Waals surface area contributed by atoms with Crippen molar-refractivity contribution in [2.45, 2.75) is 36.0 Å². The van der Waals surface area contributed by atoms with Crippen LogP contribution in [0.4, 0.5) is 18.9 Å². The number of anilines is 1. The molecule has 1 aromatic heterocycles. The van der Waals surface area contributed by atoms with E-state index in [1.54, 1.807) is 23.9 Å². The molecule has 0 spiro atoms. The maximum absolute atomic E-state index is 13.2. The molecule has 11 heteroatoms. The topological polar surface area (TPSA) is 81.1 Å². The van der Waals surface area contributed by atoms with Crippen molar-refractivity contribution in [3.05, 3.63) is 65.5 Å². The second-order valence-corrected chi connectivity index (χ2v) is 8.18. The van der Waals surface area contributed by atoms with Gasteiger partial charge in [-0.25, -0.2) is 4.68 Å². The molecule has 2 atom stereocenters. The summed E-state index contributed by atoms with van der Waals surface area (Å²) in [5.41, 5.74) is 3.34. The summed E-state index contributed by atoms with van der Waals surface area (Å²) in [5.74, 6) is 0.930. The number of hydrogen-bond acceptors (Lipinski definition) is 6. The average molecular weight is 463 g/mol. The van der Waals surface area contributed by atoms with Gasteiger partial charge in [0.25, 0.3) is 0 Å². The van der Waals surface area contributed by atoms with Gasteiger partial charge in [0.05, 0.1) is 18.7 Å². The minimum Gasteiger partial charge on any atom is -0.497 e. The third-order valence-electron chi connectivity index (χ3n) is 5.01. The van der Waals surface area contributed by atoms with E-state index in [4.69, 9.17) is 4.74 Å². The van der Waals surface area contributed by atoms with Crippen LogP contribution in [-0.4, -0.2) is 33.1 Å². The van der Waals surface area contributed by atoms with Crippen molar-refractivity contribution in [3.63, 3.8) is 0 Å². The minimum atomic E-state index is -4.50. The van der Waals surface area contributed by atoms with Gasteiger partial charge >= 0.3 is 6.18 Å². The van der Waals surface area contributed by atoms with E-state index in [0.29, 0.717) is 23.2 Å². The van der Waals surface area contributed by atoms with E-state index in [1.165, 1.54) is 23.9 Å². The maximum Gasteiger partial charge on any atom is 0.416 e. The Kier molecular flexibility index (Phi) is 6.00. The first-order valence-electron chi connectivity index (χ1n) is 9.79. The molecule has 0 saturated carbocycles. The highest BCUT2D eigenvalue weighted by atomic mass is 32.2. The van der Waals surface area contributed by atoms with Gasteiger partial charge in [-0.3, -0.25) is 4.79 Å². The van der Waals surface area contributed by atoms with E-state index in [-0.39, 0.29) is 5.69 Å². The summed E-state index contributed by atoms with van der Waals surface area (Å²) in [5, 5.41) is 10.7. The van der Waals surface area contributed by atoms with Crippen LogP contribution in [0.3, 0.4) is 0 Å². The Labute approximate surface area is 186 Å². The molecular formula is C21H20F3N5O2S. The highest BCUT2D eigenvalue weighted by molar-refractivity contribution is 8.00. The first-order chi connectivity index (χ1) is 15.3.